The molecular formula is C16H22N2O3. The first kappa shape index (κ1) is 15.5. The number of esters is 1. The van der Waals surface area contributed by atoms with Crippen LogP contribution in [0.2, 0.25) is 0 Å². The zero-order valence-electron chi connectivity index (χ0n) is 12.4. The Morgan fingerprint density at radius 2 is 1.81 bits per heavy atom. The second-order valence-electron chi connectivity index (χ2n) is 5.57. The van der Waals surface area contributed by atoms with Gasteiger partial charge in [0.25, 0.3) is 0 Å². The SMILES string of the molecule is COC(=O)c1ccc(NC(=O)C2(CN)CCCCC2)cc1. The Morgan fingerprint density at radius 3 is 2.33 bits per heavy atom. The van der Waals surface area contributed by atoms with Crippen molar-refractivity contribution in [3.05, 3.63) is 29.8 Å². The van der Waals surface area contributed by atoms with E-state index in [1.807, 2.05) is 0 Å². The molecular weight excluding hydrogens is 268 g/mol. The number of carbonyl (C=O) groups is 2. The molecule has 0 radical (unpaired) electrons. The molecule has 0 unspecified atom stereocenters. The van der Waals surface area contributed by atoms with Crippen LogP contribution in [0.3, 0.4) is 0 Å². The third-order valence-electron chi connectivity index (χ3n) is 4.25. The van der Waals surface area contributed by atoms with Gasteiger partial charge in [-0.15, -0.1) is 0 Å². The number of hydrogen-bond donors (Lipinski definition) is 2. The number of carbonyl (C=O) groups excluding carboxylic acids is 2. The van der Waals surface area contributed by atoms with Gasteiger partial charge in [0, 0.05) is 12.2 Å². The van der Waals surface area contributed by atoms with Gasteiger partial charge in [-0.1, -0.05) is 19.3 Å². The number of nitrogens with two attached hydrogens (primary N) is 1. The third kappa shape index (κ3) is 3.42. The molecule has 21 heavy (non-hydrogen) atoms. The highest BCUT2D eigenvalue weighted by atomic mass is 16.5. The van der Waals surface area contributed by atoms with E-state index < -0.39 is 11.4 Å². The lowest BCUT2D eigenvalue weighted by atomic mass is 9.73. The number of methoxy groups -OCH3 is 1. The molecule has 1 aromatic rings. The highest BCUT2D eigenvalue weighted by Crippen LogP contribution is 2.36. The van der Waals surface area contributed by atoms with Gasteiger partial charge < -0.3 is 15.8 Å². The Hall–Kier alpha value is -1.88. The topological polar surface area (TPSA) is 81.4 Å². The lowest BCUT2D eigenvalue weighted by Gasteiger charge is -2.34. The summed E-state index contributed by atoms with van der Waals surface area (Å²) in [5.41, 5.74) is 6.54. The molecule has 1 saturated carbocycles. The fourth-order valence-electron chi connectivity index (χ4n) is 2.82. The Kier molecular flexibility index (Phi) is 4.96. The van der Waals surface area contributed by atoms with Crippen LogP contribution in [0.15, 0.2) is 24.3 Å². The van der Waals surface area contributed by atoms with Crippen molar-refractivity contribution in [1.29, 1.82) is 0 Å². The van der Waals surface area contributed by atoms with Crippen molar-refractivity contribution in [1.82, 2.24) is 0 Å². The Morgan fingerprint density at radius 1 is 1.19 bits per heavy atom. The zero-order valence-corrected chi connectivity index (χ0v) is 12.4. The lowest BCUT2D eigenvalue weighted by molar-refractivity contribution is -0.126. The van der Waals surface area contributed by atoms with E-state index in [4.69, 9.17) is 5.73 Å². The first-order valence-electron chi connectivity index (χ1n) is 7.31. The van der Waals surface area contributed by atoms with Gasteiger partial charge in [0.05, 0.1) is 18.1 Å². The molecule has 0 spiro atoms. The maximum atomic E-state index is 12.5. The summed E-state index contributed by atoms with van der Waals surface area (Å²) < 4.78 is 4.64. The number of hydrogen-bond acceptors (Lipinski definition) is 4. The molecule has 1 amide bonds. The van der Waals surface area contributed by atoms with Crippen molar-refractivity contribution in [2.24, 2.45) is 11.1 Å². The predicted molar refractivity (Wildman–Crippen MR) is 81.0 cm³/mol. The summed E-state index contributed by atoms with van der Waals surface area (Å²) in [6, 6.07) is 6.68. The molecule has 0 heterocycles. The van der Waals surface area contributed by atoms with Crippen LogP contribution >= 0.6 is 0 Å². The third-order valence-corrected chi connectivity index (χ3v) is 4.25. The molecule has 1 aliphatic carbocycles. The van der Waals surface area contributed by atoms with Crippen molar-refractivity contribution in [2.45, 2.75) is 32.1 Å². The van der Waals surface area contributed by atoms with Crippen LogP contribution in [0.4, 0.5) is 5.69 Å². The van der Waals surface area contributed by atoms with E-state index in [0.717, 1.165) is 25.7 Å². The van der Waals surface area contributed by atoms with Crippen molar-refractivity contribution < 1.29 is 14.3 Å². The van der Waals surface area contributed by atoms with Crippen LogP contribution < -0.4 is 11.1 Å². The molecule has 1 fully saturated rings. The monoisotopic (exact) mass is 290 g/mol. The first-order valence-corrected chi connectivity index (χ1v) is 7.31. The lowest BCUT2D eigenvalue weighted by Crippen LogP contribution is -2.43. The standard InChI is InChI=1S/C16H22N2O3/c1-21-14(19)12-5-7-13(8-6-12)18-15(20)16(11-17)9-3-2-4-10-16/h5-8H,2-4,9-11,17H2,1H3,(H,18,20). The summed E-state index contributed by atoms with van der Waals surface area (Å²) >= 11 is 0. The number of amides is 1. The molecule has 3 N–H and O–H groups in total. The van der Waals surface area contributed by atoms with E-state index in [2.05, 4.69) is 10.1 Å². The minimum Gasteiger partial charge on any atom is -0.465 e. The number of anilines is 1. The maximum absolute atomic E-state index is 12.5. The van der Waals surface area contributed by atoms with Crippen LogP contribution in [0.5, 0.6) is 0 Å². The number of rotatable bonds is 4. The summed E-state index contributed by atoms with van der Waals surface area (Å²) in [5, 5.41) is 2.92. The molecule has 5 heteroatoms. The number of ether oxygens (including phenoxy) is 1. The van der Waals surface area contributed by atoms with E-state index in [-0.39, 0.29) is 5.91 Å². The first-order chi connectivity index (χ1) is 10.1. The predicted octanol–water partition coefficient (Wildman–Crippen LogP) is 2.32. The molecule has 5 nitrogen and oxygen atoms in total. The van der Waals surface area contributed by atoms with Crippen molar-refractivity contribution in [2.75, 3.05) is 19.0 Å². The minimum atomic E-state index is -0.445. The van der Waals surface area contributed by atoms with Gasteiger partial charge in [0.2, 0.25) is 5.91 Å². The molecule has 0 atom stereocenters. The van der Waals surface area contributed by atoms with Crippen LogP contribution in [0.1, 0.15) is 42.5 Å². The highest BCUT2D eigenvalue weighted by molar-refractivity contribution is 5.96. The quantitative estimate of drug-likeness (QED) is 0.834. The number of nitrogens with one attached hydrogen (secondary N) is 1. The summed E-state index contributed by atoms with van der Waals surface area (Å²) in [5.74, 6) is -0.408. The minimum absolute atomic E-state index is 0.0180. The van der Waals surface area contributed by atoms with Gasteiger partial charge >= 0.3 is 5.97 Å². The van der Waals surface area contributed by atoms with Crippen LogP contribution in [0, 0.1) is 5.41 Å². The Labute approximate surface area is 124 Å². The average molecular weight is 290 g/mol. The second kappa shape index (κ2) is 6.72. The zero-order chi connectivity index (χ0) is 15.3. The molecule has 0 bridgehead atoms. The van der Waals surface area contributed by atoms with Crippen LogP contribution in [0.25, 0.3) is 0 Å². The van der Waals surface area contributed by atoms with E-state index >= 15 is 0 Å². The van der Waals surface area contributed by atoms with Gasteiger partial charge in [-0.2, -0.15) is 0 Å². The molecule has 0 aliphatic heterocycles. The normalized spacial score (nSPS) is 17.0. The van der Waals surface area contributed by atoms with Crippen LogP contribution in [-0.4, -0.2) is 25.5 Å². The second-order valence-corrected chi connectivity index (χ2v) is 5.57. The molecule has 1 aliphatic rings. The average Bonchev–Trinajstić information content (AvgIpc) is 2.55. The molecule has 1 aromatic carbocycles. The van der Waals surface area contributed by atoms with Gasteiger partial charge in [-0.25, -0.2) is 4.79 Å². The molecule has 2 rings (SSSR count). The fraction of sp³-hybridized carbons (Fsp3) is 0.500. The van der Waals surface area contributed by atoms with Crippen molar-refractivity contribution in [3.8, 4) is 0 Å². The largest absolute Gasteiger partial charge is 0.465 e. The van der Waals surface area contributed by atoms with Gasteiger partial charge in [0.15, 0.2) is 0 Å². The Bertz CT molecular complexity index is 505. The van der Waals surface area contributed by atoms with Gasteiger partial charge in [-0.3, -0.25) is 4.79 Å². The summed E-state index contributed by atoms with van der Waals surface area (Å²) in [7, 11) is 1.34. The summed E-state index contributed by atoms with van der Waals surface area (Å²) in [6.45, 7) is 0.374. The number of benzene rings is 1. The van der Waals surface area contributed by atoms with Gasteiger partial charge in [-0.05, 0) is 37.1 Å². The van der Waals surface area contributed by atoms with E-state index in [9.17, 15) is 9.59 Å². The van der Waals surface area contributed by atoms with Crippen LogP contribution in [-0.2, 0) is 9.53 Å². The highest BCUT2D eigenvalue weighted by Gasteiger charge is 2.38. The van der Waals surface area contributed by atoms with E-state index in [0.29, 0.717) is 17.8 Å². The van der Waals surface area contributed by atoms with E-state index in [1.165, 1.54) is 13.5 Å². The smallest absolute Gasteiger partial charge is 0.337 e. The van der Waals surface area contributed by atoms with Crippen molar-refractivity contribution in [3.63, 3.8) is 0 Å². The van der Waals surface area contributed by atoms with E-state index in [1.54, 1.807) is 24.3 Å². The summed E-state index contributed by atoms with van der Waals surface area (Å²) in [4.78, 5) is 23.9. The maximum Gasteiger partial charge on any atom is 0.337 e. The molecule has 114 valence electrons. The Balaban J connectivity index is 2.06. The summed E-state index contributed by atoms with van der Waals surface area (Å²) in [6.07, 6.45) is 4.95. The molecule has 0 aromatic heterocycles. The van der Waals surface area contributed by atoms with Gasteiger partial charge in [0.1, 0.15) is 0 Å². The van der Waals surface area contributed by atoms with Crippen molar-refractivity contribution >= 4 is 17.6 Å². The molecule has 0 saturated heterocycles. The fourth-order valence-corrected chi connectivity index (χ4v) is 2.82.